The minimum Gasteiger partial charge on any atom is -0.520 e. The first-order valence-corrected chi connectivity index (χ1v) is 10.4. The standard InChI is InChI=1S/C24H21N4OS.Pt/c1-24(2,3)23-27-18(16-9-4-5-11-20(16)29)15-19(28-23)17-10-8-13-22(26-17)30-21-12-6-7-14-25-21;/h4-14,29H,1-3H3;/q-1;. The Balaban J connectivity index is 0.00000272. The molecule has 3 aromatic heterocycles. The first kappa shape index (κ1) is 23.1. The van der Waals surface area contributed by atoms with Gasteiger partial charge in [0.15, 0.2) is 0 Å². The van der Waals surface area contributed by atoms with Gasteiger partial charge in [-0.05, 0) is 41.3 Å². The van der Waals surface area contributed by atoms with Gasteiger partial charge in [-0.25, -0.2) is 4.98 Å². The molecule has 0 radical (unpaired) electrons. The molecule has 0 aliphatic rings. The molecule has 4 aromatic rings. The van der Waals surface area contributed by atoms with Crippen LogP contribution in [0.3, 0.4) is 0 Å². The van der Waals surface area contributed by atoms with Crippen LogP contribution in [-0.2, 0) is 26.5 Å². The fourth-order valence-electron chi connectivity index (χ4n) is 2.78. The number of hydrogen-bond donors (Lipinski definition) is 1. The molecule has 0 fully saturated rings. The third-order valence-electron chi connectivity index (χ3n) is 4.32. The number of pyridine rings is 2. The van der Waals surface area contributed by atoms with Crippen LogP contribution in [0.4, 0.5) is 0 Å². The molecule has 0 amide bonds. The summed E-state index contributed by atoms with van der Waals surface area (Å²) in [4.78, 5) is 18.5. The Hall–Kier alpha value is -2.56. The van der Waals surface area contributed by atoms with Crippen molar-refractivity contribution >= 4 is 11.8 Å². The number of phenolic OH excluding ortho intramolecular Hbond substituents is 1. The number of aromatic nitrogens is 4. The van der Waals surface area contributed by atoms with Crippen molar-refractivity contribution in [2.75, 3.05) is 0 Å². The molecule has 0 spiro atoms. The van der Waals surface area contributed by atoms with Gasteiger partial charge in [0.05, 0.1) is 10.8 Å². The van der Waals surface area contributed by atoms with Crippen LogP contribution in [0.2, 0.25) is 0 Å². The predicted octanol–water partition coefficient (Wildman–Crippen LogP) is 5.55. The van der Waals surface area contributed by atoms with Crippen molar-refractivity contribution in [2.45, 2.75) is 36.2 Å². The van der Waals surface area contributed by atoms with Crippen molar-refractivity contribution in [3.63, 3.8) is 0 Å². The van der Waals surface area contributed by atoms with Gasteiger partial charge in [0, 0.05) is 32.7 Å². The minimum absolute atomic E-state index is 0. The average molecular weight is 609 g/mol. The molecule has 4 rings (SSSR count). The quantitative estimate of drug-likeness (QED) is 0.307. The summed E-state index contributed by atoms with van der Waals surface area (Å²) in [5.74, 6) is 0.824. The van der Waals surface area contributed by atoms with Gasteiger partial charge in [0.1, 0.15) is 10.9 Å². The Bertz CT molecular complexity index is 1180. The van der Waals surface area contributed by atoms with E-state index < -0.39 is 0 Å². The Morgan fingerprint density at radius 3 is 2.23 bits per heavy atom. The van der Waals surface area contributed by atoms with Crippen LogP contribution in [0, 0.1) is 6.07 Å². The molecule has 1 aromatic carbocycles. The van der Waals surface area contributed by atoms with Crippen molar-refractivity contribution in [3.05, 3.63) is 78.8 Å². The van der Waals surface area contributed by atoms with Crippen molar-refractivity contribution in [3.8, 4) is 28.4 Å². The first-order valence-electron chi connectivity index (χ1n) is 9.57. The minimum atomic E-state index is -0.274. The second kappa shape index (κ2) is 9.71. The monoisotopic (exact) mass is 608 g/mol. The molecule has 0 atom stereocenters. The molecule has 160 valence electrons. The van der Waals surface area contributed by atoms with E-state index in [9.17, 15) is 5.11 Å². The van der Waals surface area contributed by atoms with Crippen molar-refractivity contribution < 1.29 is 26.2 Å². The maximum Gasteiger partial charge on any atom is 0.129 e. The molecular formula is C24H21N4OPtS-. The smallest absolute Gasteiger partial charge is 0.129 e. The van der Waals surface area contributed by atoms with Gasteiger partial charge in [-0.15, -0.1) is 12.1 Å². The molecule has 5 nitrogen and oxygen atoms in total. The van der Waals surface area contributed by atoms with Gasteiger partial charge in [-0.1, -0.05) is 68.4 Å². The average Bonchev–Trinajstić information content (AvgIpc) is 2.74. The summed E-state index contributed by atoms with van der Waals surface area (Å²) >= 11 is 1.49. The fourth-order valence-corrected chi connectivity index (χ4v) is 3.55. The number of phenols is 1. The summed E-state index contributed by atoms with van der Waals surface area (Å²) in [6, 6.07) is 21.9. The number of aromatic hydroxyl groups is 1. The van der Waals surface area contributed by atoms with Crippen LogP contribution in [0.1, 0.15) is 26.6 Å². The molecule has 0 saturated carbocycles. The molecule has 0 aliphatic carbocycles. The van der Waals surface area contributed by atoms with E-state index in [1.54, 1.807) is 18.3 Å². The normalized spacial score (nSPS) is 11.1. The van der Waals surface area contributed by atoms with Crippen LogP contribution in [0.25, 0.3) is 22.6 Å². The van der Waals surface area contributed by atoms with E-state index in [0.29, 0.717) is 28.5 Å². The molecule has 7 heteroatoms. The van der Waals surface area contributed by atoms with Gasteiger partial charge in [-0.3, -0.25) is 9.97 Å². The summed E-state index contributed by atoms with van der Waals surface area (Å²) in [7, 11) is 0. The Labute approximate surface area is 200 Å². The second-order valence-electron chi connectivity index (χ2n) is 7.77. The first-order chi connectivity index (χ1) is 14.4. The summed E-state index contributed by atoms with van der Waals surface area (Å²) in [5, 5.41) is 12.0. The van der Waals surface area contributed by atoms with Crippen molar-refractivity contribution in [1.29, 1.82) is 0 Å². The van der Waals surface area contributed by atoms with Crippen molar-refractivity contribution in [2.24, 2.45) is 0 Å². The van der Waals surface area contributed by atoms with E-state index in [-0.39, 0.29) is 32.2 Å². The van der Waals surface area contributed by atoms with E-state index in [1.807, 2.05) is 48.5 Å². The van der Waals surface area contributed by atoms with Gasteiger partial charge in [0.25, 0.3) is 0 Å². The van der Waals surface area contributed by atoms with Gasteiger partial charge >= 0.3 is 0 Å². The maximum atomic E-state index is 10.3. The van der Waals surface area contributed by atoms with E-state index >= 15 is 0 Å². The van der Waals surface area contributed by atoms with Gasteiger partial charge < -0.3 is 10.1 Å². The number of hydrogen-bond acceptors (Lipinski definition) is 6. The number of nitrogens with zero attached hydrogens (tertiary/aromatic N) is 4. The molecule has 1 N–H and O–H groups in total. The Morgan fingerprint density at radius 1 is 0.806 bits per heavy atom. The molecule has 0 bridgehead atoms. The second-order valence-corrected chi connectivity index (χ2v) is 8.81. The Kier molecular flexibility index (Phi) is 7.24. The molecule has 0 aliphatic heterocycles. The topological polar surface area (TPSA) is 71.8 Å². The van der Waals surface area contributed by atoms with Crippen molar-refractivity contribution in [1.82, 2.24) is 19.9 Å². The summed E-state index contributed by atoms with van der Waals surface area (Å²) in [5.41, 5.74) is 2.18. The molecule has 31 heavy (non-hydrogen) atoms. The number of rotatable bonds is 4. The van der Waals surface area contributed by atoms with Gasteiger partial charge in [0.2, 0.25) is 0 Å². The number of para-hydroxylation sites is 1. The van der Waals surface area contributed by atoms with Gasteiger partial charge in [-0.2, -0.15) is 0 Å². The summed E-state index contributed by atoms with van der Waals surface area (Å²) in [6.45, 7) is 6.17. The van der Waals surface area contributed by atoms with Crippen LogP contribution in [0.5, 0.6) is 5.75 Å². The van der Waals surface area contributed by atoms with E-state index in [0.717, 1.165) is 10.1 Å². The summed E-state index contributed by atoms with van der Waals surface area (Å²) < 4.78 is 0. The zero-order valence-corrected chi connectivity index (χ0v) is 20.4. The fraction of sp³-hybridized carbons (Fsp3) is 0.167. The largest absolute Gasteiger partial charge is 0.520 e. The van der Waals surface area contributed by atoms with E-state index in [2.05, 4.69) is 36.8 Å². The SMILES string of the molecule is CC(C)(C)c1nc(-c2cccc(Sc3ccccn3)n2)[c-]c(-c2ccccc2O)n1.[Pt]. The third kappa shape index (κ3) is 5.57. The maximum absolute atomic E-state index is 10.3. The van der Waals surface area contributed by atoms with Crippen LogP contribution in [-0.4, -0.2) is 25.0 Å². The zero-order chi connectivity index (χ0) is 21.1. The molecule has 3 heterocycles. The molecule has 0 saturated heterocycles. The summed E-state index contributed by atoms with van der Waals surface area (Å²) in [6.07, 6.45) is 1.76. The molecule has 0 unspecified atom stereocenters. The van der Waals surface area contributed by atoms with E-state index in [4.69, 9.17) is 9.97 Å². The van der Waals surface area contributed by atoms with Crippen LogP contribution < -0.4 is 0 Å². The molecular weight excluding hydrogens is 587 g/mol. The Morgan fingerprint density at radius 2 is 1.52 bits per heavy atom. The third-order valence-corrected chi connectivity index (χ3v) is 5.20. The predicted molar refractivity (Wildman–Crippen MR) is 118 cm³/mol. The van der Waals surface area contributed by atoms with E-state index in [1.165, 1.54) is 11.8 Å². The van der Waals surface area contributed by atoms with Crippen LogP contribution in [0.15, 0.2) is 76.9 Å². The van der Waals surface area contributed by atoms with Crippen LogP contribution >= 0.6 is 11.8 Å². The zero-order valence-electron chi connectivity index (χ0n) is 17.3. The number of benzene rings is 1.